The average Bonchev–Trinajstić information content (AvgIpc) is 2.61. The largest absolute Gasteiger partial charge is 0.465 e. The van der Waals surface area contributed by atoms with Crippen LogP contribution in [0.2, 0.25) is 0 Å². The summed E-state index contributed by atoms with van der Waals surface area (Å²) in [5.41, 5.74) is -0.215. The van der Waals surface area contributed by atoms with Gasteiger partial charge in [0, 0.05) is 13.1 Å². The highest BCUT2D eigenvalue weighted by Crippen LogP contribution is 2.22. The Morgan fingerprint density at radius 1 is 1.47 bits per heavy atom. The highest BCUT2D eigenvalue weighted by molar-refractivity contribution is 5.05. The van der Waals surface area contributed by atoms with Crippen LogP contribution in [-0.4, -0.2) is 41.4 Å². The lowest BCUT2D eigenvalue weighted by molar-refractivity contribution is -0.151. The van der Waals surface area contributed by atoms with Crippen molar-refractivity contribution in [1.82, 2.24) is 4.90 Å². The van der Waals surface area contributed by atoms with Crippen molar-refractivity contribution in [2.24, 2.45) is 0 Å². The van der Waals surface area contributed by atoms with Crippen molar-refractivity contribution in [3.63, 3.8) is 0 Å². The van der Waals surface area contributed by atoms with Crippen LogP contribution in [0, 0.1) is 6.92 Å². The van der Waals surface area contributed by atoms with E-state index in [4.69, 9.17) is 9.15 Å². The monoisotopic (exact) mass is 239 g/mol. The third-order valence-electron chi connectivity index (χ3n) is 2.93. The zero-order valence-electron chi connectivity index (χ0n) is 10.8. The van der Waals surface area contributed by atoms with Gasteiger partial charge in [-0.3, -0.25) is 4.90 Å². The van der Waals surface area contributed by atoms with E-state index in [1.54, 1.807) is 0 Å². The van der Waals surface area contributed by atoms with Crippen LogP contribution >= 0.6 is 0 Å². The minimum absolute atomic E-state index is 0.0666. The fraction of sp³-hybridized carbons (Fsp3) is 0.692. The van der Waals surface area contributed by atoms with Crippen molar-refractivity contribution in [1.29, 1.82) is 0 Å². The molecule has 1 aliphatic heterocycles. The standard InChI is InChI=1S/C13H21NO3/c1-10-4-5-11(16-10)6-14-7-12(8-15)17-13(2,3)9-14/h4-5,12,15H,6-9H2,1-3H3. The number of ether oxygens (including phenoxy) is 1. The lowest BCUT2D eigenvalue weighted by Crippen LogP contribution is -2.53. The number of aliphatic hydroxyl groups is 1. The van der Waals surface area contributed by atoms with E-state index >= 15 is 0 Å². The van der Waals surface area contributed by atoms with E-state index in [1.807, 2.05) is 19.1 Å². The molecule has 4 heteroatoms. The molecule has 1 atom stereocenters. The predicted molar refractivity (Wildman–Crippen MR) is 64.8 cm³/mol. The van der Waals surface area contributed by atoms with Crippen LogP contribution in [0.25, 0.3) is 0 Å². The number of aliphatic hydroxyl groups excluding tert-OH is 1. The van der Waals surface area contributed by atoms with Gasteiger partial charge in [-0.25, -0.2) is 0 Å². The van der Waals surface area contributed by atoms with Crippen molar-refractivity contribution in [2.45, 2.75) is 39.0 Å². The summed E-state index contributed by atoms with van der Waals surface area (Å²) in [6.45, 7) is 8.49. The van der Waals surface area contributed by atoms with Gasteiger partial charge in [0.25, 0.3) is 0 Å². The van der Waals surface area contributed by atoms with E-state index in [9.17, 15) is 5.11 Å². The van der Waals surface area contributed by atoms with Gasteiger partial charge in [0.1, 0.15) is 11.5 Å². The number of nitrogens with zero attached hydrogens (tertiary/aromatic N) is 1. The molecular weight excluding hydrogens is 218 g/mol. The number of morpholine rings is 1. The van der Waals surface area contributed by atoms with Gasteiger partial charge in [0.2, 0.25) is 0 Å². The Morgan fingerprint density at radius 2 is 2.24 bits per heavy atom. The van der Waals surface area contributed by atoms with E-state index in [1.165, 1.54) is 0 Å². The molecule has 4 nitrogen and oxygen atoms in total. The fourth-order valence-electron chi connectivity index (χ4n) is 2.42. The molecule has 1 N–H and O–H groups in total. The first-order valence-corrected chi connectivity index (χ1v) is 6.05. The molecule has 1 aromatic heterocycles. The molecule has 1 aromatic rings. The minimum Gasteiger partial charge on any atom is -0.465 e. The van der Waals surface area contributed by atoms with E-state index in [-0.39, 0.29) is 18.3 Å². The van der Waals surface area contributed by atoms with Crippen LogP contribution in [-0.2, 0) is 11.3 Å². The molecule has 0 aliphatic carbocycles. The Balaban J connectivity index is 2.00. The smallest absolute Gasteiger partial charge is 0.118 e. The molecule has 2 heterocycles. The first-order chi connectivity index (χ1) is 7.98. The molecular formula is C13H21NO3. The normalized spacial score (nSPS) is 25.1. The van der Waals surface area contributed by atoms with Crippen molar-refractivity contribution in [3.05, 3.63) is 23.7 Å². The van der Waals surface area contributed by atoms with E-state index < -0.39 is 0 Å². The summed E-state index contributed by atoms with van der Waals surface area (Å²) in [7, 11) is 0. The molecule has 1 saturated heterocycles. The molecule has 1 unspecified atom stereocenters. The SMILES string of the molecule is Cc1ccc(CN2CC(CO)OC(C)(C)C2)o1. The molecule has 96 valence electrons. The van der Waals surface area contributed by atoms with E-state index in [0.29, 0.717) is 0 Å². The van der Waals surface area contributed by atoms with Gasteiger partial charge in [-0.15, -0.1) is 0 Å². The van der Waals surface area contributed by atoms with Crippen molar-refractivity contribution in [3.8, 4) is 0 Å². The summed E-state index contributed by atoms with van der Waals surface area (Å²) in [6.07, 6.45) is -0.102. The van der Waals surface area contributed by atoms with Gasteiger partial charge < -0.3 is 14.3 Å². The number of hydrogen-bond donors (Lipinski definition) is 1. The Morgan fingerprint density at radius 3 is 2.82 bits per heavy atom. The number of aryl methyl sites for hydroxylation is 1. The second kappa shape index (κ2) is 4.80. The van der Waals surface area contributed by atoms with Gasteiger partial charge in [-0.1, -0.05) is 0 Å². The maximum absolute atomic E-state index is 9.24. The van der Waals surface area contributed by atoms with Crippen LogP contribution in [0.3, 0.4) is 0 Å². The lowest BCUT2D eigenvalue weighted by atomic mass is 10.1. The molecule has 0 spiro atoms. The van der Waals surface area contributed by atoms with Crippen LogP contribution in [0.1, 0.15) is 25.4 Å². The van der Waals surface area contributed by atoms with Gasteiger partial charge >= 0.3 is 0 Å². The second-order valence-corrected chi connectivity index (χ2v) is 5.36. The van der Waals surface area contributed by atoms with Crippen LogP contribution < -0.4 is 0 Å². The predicted octanol–water partition coefficient (Wildman–Crippen LogP) is 1.56. The van der Waals surface area contributed by atoms with Crippen molar-refractivity contribution < 1.29 is 14.3 Å². The van der Waals surface area contributed by atoms with Crippen LogP contribution in [0.5, 0.6) is 0 Å². The quantitative estimate of drug-likeness (QED) is 0.869. The molecule has 0 aromatic carbocycles. The highest BCUT2D eigenvalue weighted by atomic mass is 16.5. The van der Waals surface area contributed by atoms with Gasteiger partial charge in [0.15, 0.2) is 0 Å². The van der Waals surface area contributed by atoms with Gasteiger partial charge in [0.05, 0.1) is 24.9 Å². The minimum atomic E-state index is -0.215. The highest BCUT2D eigenvalue weighted by Gasteiger charge is 2.33. The molecule has 17 heavy (non-hydrogen) atoms. The molecule has 0 amide bonds. The first-order valence-electron chi connectivity index (χ1n) is 6.05. The van der Waals surface area contributed by atoms with Crippen LogP contribution in [0.15, 0.2) is 16.5 Å². The van der Waals surface area contributed by atoms with Crippen LogP contribution in [0.4, 0.5) is 0 Å². The first kappa shape index (κ1) is 12.6. The molecule has 0 bridgehead atoms. The Labute approximate surface area is 102 Å². The summed E-state index contributed by atoms with van der Waals surface area (Å²) < 4.78 is 11.4. The van der Waals surface area contributed by atoms with Gasteiger partial charge in [-0.05, 0) is 32.9 Å². The number of rotatable bonds is 3. The van der Waals surface area contributed by atoms with Crippen molar-refractivity contribution >= 4 is 0 Å². The summed E-state index contributed by atoms with van der Waals surface area (Å²) >= 11 is 0. The molecule has 0 radical (unpaired) electrons. The van der Waals surface area contributed by atoms with E-state index in [0.717, 1.165) is 31.2 Å². The topological polar surface area (TPSA) is 45.8 Å². The molecule has 0 saturated carbocycles. The maximum Gasteiger partial charge on any atom is 0.118 e. The fourth-order valence-corrected chi connectivity index (χ4v) is 2.42. The average molecular weight is 239 g/mol. The molecule has 1 aliphatic rings. The maximum atomic E-state index is 9.24. The summed E-state index contributed by atoms with van der Waals surface area (Å²) in [5.74, 6) is 1.91. The van der Waals surface area contributed by atoms with Gasteiger partial charge in [-0.2, -0.15) is 0 Å². The molecule has 2 rings (SSSR count). The summed E-state index contributed by atoms with van der Waals surface area (Å²) in [4.78, 5) is 2.27. The summed E-state index contributed by atoms with van der Waals surface area (Å²) in [6, 6.07) is 3.98. The second-order valence-electron chi connectivity index (χ2n) is 5.36. The zero-order valence-corrected chi connectivity index (χ0v) is 10.8. The third kappa shape index (κ3) is 3.31. The Hall–Kier alpha value is -0.840. The number of furan rings is 1. The summed E-state index contributed by atoms with van der Waals surface area (Å²) in [5, 5.41) is 9.24. The lowest BCUT2D eigenvalue weighted by Gasteiger charge is -2.42. The van der Waals surface area contributed by atoms with E-state index in [2.05, 4.69) is 18.7 Å². The molecule has 1 fully saturated rings. The Bertz CT molecular complexity index is 372. The third-order valence-corrected chi connectivity index (χ3v) is 2.93. The van der Waals surface area contributed by atoms with Crippen molar-refractivity contribution in [2.75, 3.05) is 19.7 Å². The zero-order chi connectivity index (χ0) is 12.5. The Kier molecular flexibility index (Phi) is 3.56. The number of hydrogen-bond acceptors (Lipinski definition) is 4.